The van der Waals surface area contributed by atoms with Crippen LogP contribution in [0.5, 0.6) is 0 Å². The third-order valence-electron chi connectivity index (χ3n) is 10.9. The summed E-state index contributed by atoms with van der Waals surface area (Å²) in [5.41, 5.74) is 6.17. The van der Waals surface area contributed by atoms with Crippen LogP contribution in [0.25, 0.3) is 33.5 Å². The number of rotatable bonds is 9. The first-order chi connectivity index (χ1) is 24.2. The van der Waals surface area contributed by atoms with Gasteiger partial charge in [-0.15, -0.1) is 0 Å². The summed E-state index contributed by atoms with van der Waals surface area (Å²) in [6.07, 6.45) is 4.36. The number of anilines is 1. The van der Waals surface area contributed by atoms with Crippen molar-refractivity contribution in [2.24, 2.45) is 17.8 Å². The van der Waals surface area contributed by atoms with Crippen LogP contribution in [0.2, 0.25) is 0 Å². The number of piperazine rings is 1. The summed E-state index contributed by atoms with van der Waals surface area (Å²) in [4.78, 5) is 32.6. The van der Waals surface area contributed by atoms with Crippen molar-refractivity contribution >= 4 is 22.8 Å². The lowest BCUT2D eigenvalue weighted by Gasteiger charge is -2.37. The van der Waals surface area contributed by atoms with E-state index in [2.05, 4.69) is 73.5 Å². The van der Waals surface area contributed by atoms with Gasteiger partial charge >= 0.3 is 6.03 Å². The third kappa shape index (κ3) is 7.86. The zero-order valence-corrected chi connectivity index (χ0v) is 29.6. The van der Waals surface area contributed by atoms with E-state index in [0.29, 0.717) is 40.6 Å². The standard InChI is InChI=1S/C39H51FN8O2/c1-25(2)16-30-22-48(23-36(30)49)39(50)45-34-18-31(40)17-32(26(34)3)37-33-19-35(44-38(33)43-24-42-37)29-6-4-27(5-7-29)20-46-12-14-47(15-13-46)21-28-8-10-41-11-9-28/h4-7,17-19,24-25,28,30,36,41,49H,8-16,20-23H2,1-3H3,(H,45,50)(H,42,43,44)/t30-,36+/m1/s1. The number of urea groups is 1. The number of halogens is 1. The highest BCUT2D eigenvalue weighted by Gasteiger charge is 2.34. The van der Waals surface area contributed by atoms with Crippen molar-refractivity contribution in [1.82, 2.24) is 35.0 Å². The number of likely N-dealkylation sites (tertiary alicyclic amines) is 1. The van der Waals surface area contributed by atoms with E-state index in [1.165, 1.54) is 43.4 Å². The fourth-order valence-electron chi connectivity index (χ4n) is 8.02. The second-order valence-corrected chi connectivity index (χ2v) is 15.1. The summed E-state index contributed by atoms with van der Waals surface area (Å²) in [5.74, 6) is 0.827. The molecule has 10 nitrogen and oxygen atoms in total. The highest BCUT2D eigenvalue weighted by Crippen LogP contribution is 2.35. The largest absolute Gasteiger partial charge is 0.391 e. The van der Waals surface area contributed by atoms with Crippen molar-refractivity contribution in [3.8, 4) is 22.5 Å². The molecule has 7 rings (SSSR count). The molecule has 0 aliphatic carbocycles. The smallest absolute Gasteiger partial charge is 0.321 e. The molecule has 266 valence electrons. The molecule has 3 aliphatic rings. The molecule has 2 aromatic heterocycles. The van der Waals surface area contributed by atoms with E-state index in [4.69, 9.17) is 0 Å². The molecule has 2 aromatic carbocycles. The minimum absolute atomic E-state index is 0.0354. The summed E-state index contributed by atoms with van der Waals surface area (Å²) >= 11 is 0. The number of hydrogen-bond acceptors (Lipinski definition) is 7. The van der Waals surface area contributed by atoms with Gasteiger partial charge in [0.15, 0.2) is 0 Å². The molecule has 4 aromatic rings. The number of carbonyl (C=O) groups excluding carboxylic acids is 1. The van der Waals surface area contributed by atoms with Crippen LogP contribution in [-0.4, -0.2) is 106 Å². The van der Waals surface area contributed by atoms with Gasteiger partial charge in [-0.2, -0.15) is 0 Å². The topological polar surface area (TPSA) is 113 Å². The minimum Gasteiger partial charge on any atom is -0.391 e. The highest BCUT2D eigenvalue weighted by atomic mass is 19.1. The van der Waals surface area contributed by atoms with Gasteiger partial charge in [-0.3, -0.25) is 4.90 Å². The molecule has 0 spiro atoms. The van der Waals surface area contributed by atoms with E-state index < -0.39 is 11.9 Å². The first-order valence-corrected chi connectivity index (χ1v) is 18.3. The van der Waals surface area contributed by atoms with Crippen LogP contribution in [0.1, 0.15) is 44.2 Å². The fraction of sp³-hybridized carbons (Fsp3) is 0.513. The Morgan fingerprint density at radius 3 is 2.50 bits per heavy atom. The summed E-state index contributed by atoms with van der Waals surface area (Å²) in [7, 11) is 0. The molecule has 3 aliphatic heterocycles. The van der Waals surface area contributed by atoms with Crippen molar-refractivity contribution in [3.63, 3.8) is 0 Å². The maximum absolute atomic E-state index is 15.1. The quantitative estimate of drug-likeness (QED) is 0.179. The van der Waals surface area contributed by atoms with Crippen molar-refractivity contribution in [2.45, 2.75) is 52.7 Å². The van der Waals surface area contributed by atoms with Gasteiger partial charge in [0.05, 0.1) is 11.8 Å². The van der Waals surface area contributed by atoms with Crippen LogP contribution >= 0.6 is 0 Å². The first-order valence-electron chi connectivity index (χ1n) is 18.3. The van der Waals surface area contributed by atoms with E-state index in [-0.39, 0.29) is 18.5 Å². The Morgan fingerprint density at radius 2 is 1.76 bits per heavy atom. The number of aromatic amines is 1. The molecule has 2 amide bonds. The summed E-state index contributed by atoms with van der Waals surface area (Å²) in [6.45, 7) is 15.8. The zero-order valence-electron chi connectivity index (χ0n) is 29.6. The average Bonchev–Trinajstić information content (AvgIpc) is 3.71. The van der Waals surface area contributed by atoms with Crippen LogP contribution in [0.15, 0.2) is 48.8 Å². The fourth-order valence-corrected chi connectivity index (χ4v) is 8.02. The van der Waals surface area contributed by atoms with Crippen LogP contribution in [-0.2, 0) is 6.54 Å². The third-order valence-corrected chi connectivity index (χ3v) is 10.9. The molecule has 50 heavy (non-hydrogen) atoms. The molecule has 0 saturated carbocycles. The molecular weight excluding hydrogens is 631 g/mol. The number of piperidine rings is 1. The van der Waals surface area contributed by atoms with E-state index >= 15 is 4.39 Å². The molecule has 0 unspecified atom stereocenters. The van der Waals surface area contributed by atoms with Crippen molar-refractivity contribution in [2.75, 3.05) is 64.2 Å². The number of carbonyl (C=O) groups is 1. The molecule has 3 fully saturated rings. The summed E-state index contributed by atoms with van der Waals surface area (Å²) in [5, 5.41) is 17.7. The number of nitrogens with one attached hydrogen (secondary N) is 3. The number of aliphatic hydroxyl groups excluding tert-OH is 1. The van der Waals surface area contributed by atoms with E-state index in [1.54, 1.807) is 4.90 Å². The number of aromatic nitrogens is 3. The van der Waals surface area contributed by atoms with Crippen LogP contribution in [0, 0.1) is 30.5 Å². The van der Waals surface area contributed by atoms with Crippen LogP contribution in [0.3, 0.4) is 0 Å². The Hall–Kier alpha value is -3.90. The van der Waals surface area contributed by atoms with Crippen LogP contribution in [0.4, 0.5) is 14.9 Å². The van der Waals surface area contributed by atoms with Gasteiger partial charge in [0.2, 0.25) is 0 Å². The van der Waals surface area contributed by atoms with Gasteiger partial charge < -0.3 is 30.5 Å². The number of H-pyrrole nitrogens is 1. The maximum atomic E-state index is 15.1. The van der Waals surface area contributed by atoms with E-state index in [1.807, 2.05) is 13.0 Å². The molecule has 3 saturated heterocycles. The average molecular weight is 683 g/mol. The monoisotopic (exact) mass is 682 g/mol. The van der Waals surface area contributed by atoms with Gasteiger partial charge in [0.1, 0.15) is 17.8 Å². The molecule has 2 atom stereocenters. The molecule has 0 radical (unpaired) electrons. The summed E-state index contributed by atoms with van der Waals surface area (Å²) in [6, 6.07) is 13.2. The second kappa shape index (κ2) is 15.1. The number of benzene rings is 2. The molecule has 11 heteroatoms. The van der Waals surface area contributed by atoms with Gasteiger partial charge in [0.25, 0.3) is 0 Å². The Morgan fingerprint density at radius 1 is 1.02 bits per heavy atom. The number of nitrogens with zero attached hydrogens (tertiary/aromatic N) is 5. The second-order valence-electron chi connectivity index (χ2n) is 15.1. The normalized spacial score (nSPS) is 21.0. The highest BCUT2D eigenvalue weighted by molar-refractivity contribution is 5.97. The minimum atomic E-state index is -0.560. The molecule has 4 N–H and O–H groups in total. The Bertz CT molecular complexity index is 1780. The summed E-state index contributed by atoms with van der Waals surface area (Å²) < 4.78 is 15.1. The predicted molar refractivity (Wildman–Crippen MR) is 196 cm³/mol. The van der Waals surface area contributed by atoms with Crippen molar-refractivity contribution in [1.29, 1.82) is 0 Å². The maximum Gasteiger partial charge on any atom is 0.321 e. The van der Waals surface area contributed by atoms with E-state index in [0.717, 1.165) is 74.8 Å². The lowest BCUT2D eigenvalue weighted by molar-refractivity contribution is 0.107. The number of β-amino-alcohol motifs (C(OH)–C–C–N with tert-alkyl or cyclic N) is 1. The lowest BCUT2D eigenvalue weighted by atomic mass is 9.95. The van der Waals surface area contributed by atoms with E-state index in [9.17, 15) is 9.90 Å². The number of aliphatic hydroxyl groups is 1. The van der Waals surface area contributed by atoms with Crippen LogP contribution < -0.4 is 10.6 Å². The first kappa shape index (κ1) is 34.5. The van der Waals surface area contributed by atoms with Crippen molar-refractivity contribution in [3.05, 3.63) is 65.7 Å². The van der Waals surface area contributed by atoms with Gasteiger partial charge in [-0.25, -0.2) is 19.2 Å². The molecule has 5 heterocycles. The van der Waals surface area contributed by atoms with Gasteiger partial charge in [0, 0.05) is 80.6 Å². The predicted octanol–water partition coefficient (Wildman–Crippen LogP) is 5.73. The molecule has 0 bridgehead atoms. The lowest BCUT2D eigenvalue weighted by Crippen LogP contribution is -2.48. The van der Waals surface area contributed by atoms with Gasteiger partial charge in [-0.1, -0.05) is 38.1 Å². The zero-order chi connectivity index (χ0) is 34.8. The van der Waals surface area contributed by atoms with Gasteiger partial charge in [-0.05, 0) is 86.0 Å². The SMILES string of the molecule is Cc1c(NC(=O)N2C[C@@H](CC(C)C)[C@@H](O)C2)cc(F)cc1-c1ncnc2[nH]c(-c3ccc(CN4CCN(CC5CCNCC5)CC4)cc3)cc12. The Kier molecular flexibility index (Phi) is 10.5. The van der Waals surface area contributed by atoms with Crippen molar-refractivity contribution < 1.29 is 14.3 Å². The molecular formula is C39H51FN8O2. The Balaban J connectivity index is 1.02. The number of amides is 2. The number of hydrogen-bond donors (Lipinski definition) is 4. The number of fused-ring (bicyclic) bond motifs is 1. The Labute approximate surface area is 294 Å².